The second-order valence-corrected chi connectivity index (χ2v) is 3.59. The second kappa shape index (κ2) is 3.85. The van der Waals surface area contributed by atoms with Gasteiger partial charge in [0.15, 0.2) is 11.6 Å². The first-order chi connectivity index (χ1) is 7.61. The van der Waals surface area contributed by atoms with Crippen molar-refractivity contribution in [2.24, 2.45) is 0 Å². The molecule has 2 aromatic carbocycles. The SMILES string of the molecule is Cc1c(F)c(O)cc(O)c1-c1ccccc1. The summed E-state index contributed by atoms with van der Waals surface area (Å²) in [6, 6.07) is 10.0. The Morgan fingerprint density at radius 3 is 2.25 bits per heavy atom. The molecule has 0 radical (unpaired) electrons. The Bertz CT molecular complexity index is 521. The van der Waals surface area contributed by atoms with Gasteiger partial charge >= 0.3 is 0 Å². The monoisotopic (exact) mass is 218 g/mol. The number of phenolic OH excluding ortho intramolecular Hbond substituents is 2. The van der Waals surface area contributed by atoms with Crippen molar-refractivity contribution in [3.8, 4) is 22.6 Å². The van der Waals surface area contributed by atoms with Crippen molar-refractivity contribution in [3.63, 3.8) is 0 Å². The van der Waals surface area contributed by atoms with Gasteiger partial charge in [0.1, 0.15) is 5.75 Å². The van der Waals surface area contributed by atoms with Crippen LogP contribution in [0.1, 0.15) is 5.56 Å². The Morgan fingerprint density at radius 1 is 1.00 bits per heavy atom. The topological polar surface area (TPSA) is 40.5 Å². The molecule has 16 heavy (non-hydrogen) atoms. The van der Waals surface area contributed by atoms with Crippen molar-refractivity contribution < 1.29 is 14.6 Å². The number of rotatable bonds is 1. The van der Waals surface area contributed by atoms with E-state index in [4.69, 9.17) is 0 Å². The fraction of sp³-hybridized carbons (Fsp3) is 0.0769. The van der Waals surface area contributed by atoms with Crippen LogP contribution in [-0.4, -0.2) is 10.2 Å². The van der Waals surface area contributed by atoms with Gasteiger partial charge in [-0.15, -0.1) is 0 Å². The minimum absolute atomic E-state index is 0.123. The highest BCUT2D eigenvalue weighted by molar-refractivity contribution is 5.74. The van der Waals surface area contributed by atoms with Crippen LogP contribution in [0.4, 0.5) is 4.39 Å². The lowest BCUT2D eigenvalue weighted by Crippen LogP contribution is -1.90. The number of benzene rings is 2. The molecule has 2 nitrogen and oxygen atoms in total. The van der Waals surface area contributed by atoms with E-state index < -0.39 is 11.6 Å². The standard InChI is InChI=1S/C13H11FO2/c1-8-12(9-5-3-2-4-6-9)10(15)7-11(16)13(8)14/h2-7,15-16H,1H3. The van der Waals surface area contributed by atoms with Crippen LogP contribution in [0.25, 0.3) is 11.1 Å². The number of hydrogen-bond donors (Lipinski definition) is 2. The molecule has 2 aromatic rings. The summed E-state index contributed by atoms with van der Waals surface area (Å²) in [5.41, 5.74) is 1.37. The highest BCUT2D eigenvalue weighted by atomic mass is 19.1. The van der Waals surface area contributed by atoms with Crippen LogP contribution in [0.3, 0.4) is 0 Å². The van der Waals surface area contributed by atoms with Gasteiger partial charge in [-0.1, -0.05) is 30.3 Å². The van der Waals surface area contributed by atoms with Gasteiger partial charge in [-0.3, -0.25) is 0 Å². The van der Waals surface area contributed by atoms with Crippen LogP contribution in [0.5, 0.6) is 11.5 Å². The van der Waals surface area contributed by atoms with Crippen molar-refractivity contribution in [1.29, 1.82) is 0 Å². The molecule has 0 bridgehead atoms. The van der Waals surface area contributed by atoms with E-state index in [0.29, 0.717) is 5.56 Å². The first-order valence-electron chi connectivity index (χ1n) is 4.87. The molecule has 0 aromatic heterocycles. The summed E-state index contributed by atoms with van der Waals surface area (Å²) in [7, 11) is 0. The molecule has 0 amide bonds. The van der Waals surface area contributed by atoms with Crippen molar-refractivity contribution in [2.75, 3.05) is 0 Å². The molecular weight excluding hydrogens is 207 g/mol. The zero-order valence-corrected chi connectivity index (χ0v) is 8.74. The van der Waals surface area contributed by atoms with Gasteiger partial charge < -0.3 is 10.2 Å². The molecule has 0 saturated heterocycles. The van der Waals surface area contributed by atoms with Crippen LogP contribution in [0.2, 0.25) is 0 Å². The Kier molecular flexibility index (Phi) is 2.52. The molecule has 0 heterocycles. The average Bonchev–Trinajstić information content (AvgIpc) is 2.28. The molecule has 0 aliphatic heterocycles. The Hall–Kier alpha value is -2.03. The molecule has 82 valence electrons. The van der Waals surface area contributed by atoms with Crippen LogP contribution in [-0.2, 0) is 0 Å². The minimum Gasteiger partial charge on any atom is -0.507 e. The zero-order valence-electron chi connectivity index (χ0n) is 8.74. The van der Waals surface area contributed by atoms with Crippen molar-refractivity contribution in [1.82, 2.24) is 0 Å². The first-order valence-corrected chi connectivity index (χ1v) is 4.87. The number of hydrogen-bond acceptors (Lipinski definition) is 2. The molecule has 0 aliphatic carbocycles. The lowest BCUT2D eigenvalue weighted by atomic mass is 9.98. The Balaban J connectivity index is 2.71. The van der Waals surface area contributed by atoms with Gasteiger partial charge in [0.2, 0.25) is 0 Å². The molecule has 0 unspecified atom stereocenters. The quantitative estimate of drug-likeness (QED) is 0.771. The first kappa shape index (κ1) is 10.5. The fourth-order valence-electron chi connectivity index (χ4n) is 1.73. The largest absolute Gasteiger partial charge is 0.507 e. The van der Waals surface area contributed by atoms with Gasteiger partial charge in [-0.05, 0) is 12.5 Å². The molecule has 0 spiro atoms. The summed E-state index contributed by atoms with van der Waals surface area (Å²) in [5.74, 6) is -1.35. The predicted molar refractivity (Wildman–Crippen MR) is 59.9 cm³/mol. The van der Waals surface area contributed by atoms with Gasteiger partial charge in [0.05, 0.1) is 0 Å². The van der Waals surface area contributed by atoms with Crippen LogP contribution in [0, 0.1) is 12.7 Å². The molecule has 0 fully saturated rings. The lowest BCUT2D eigenvalue weighted by Gasteiger charge is -2.10. The van der Waals surface area contributed by atoms with Gasteiger partial charge in [-0.25, -0.2) is 4.39 Å². The molecule has 0 saturated carbocycles. The maximum absolute atomic E-state index is 13.5. The van der Waals surface area contributed by atoms with E-state index >= 15 is 0 Å². The van der Waals surface area contributed by atoms with E-state index in [-0.39, 0.29) is 11.3 Å². The van der Waals surface area contributed by atoms with Crippen molar-refractivity contribution in [3.05, 3.63) is 47.8 Å². The van der Waals surface area contributed by atoms with E-state index in [1.807, 2.05) is 6.07 Å². The summed E-state index contributed by atoms with van der Waals surface area (Å²) in [5, 5.41) is 18.9. The van der Waals surface area contributed by atoms with E-state index in [1.54, 1.807) is 24.3 Å². The Morgan fingerprint density at radius 2 is 1.62 bits per heavy atom. The highest BCUT2D eigenvalue weighted by Gasteiger charge is 2.15. The van der Waals surface area contributed by atoms with Crippen molar-refractivity contribution in [2.45, 2.75) is 6.92 Å². The molecule has 2 N–H and O–H groups in total. The summed E-state index contributed by atoms with van der Waals surface area (Å²) >= 11 is 0. The smallest absolute Gasteiger partial charge is 0.168 e. The van der Waals surface area contributed by atoms with Crippen LogP contribution < -0.4 is 0 Å². The second-order valence-electron chi connectivity index (χ2n) is 3.59. The molecule has 0 aliphatic rings. The summed E-state index contributed by atoms with van der Waals surface area (Å²) < 4.78 is 13.5. The number of phenols is 2. The predicted octanol–water partition coefficient (Wildman–Crippen LogP) is 3.21. The minimum atomic E-state index is -0.698. The zero-order chi connectivity index (χ0) is 11.7. The maximum Gasteiger partial charge on any atom is 0.168 e. The maximum atomic E-state index is 13.5. The third-order valence-electron chi connectivity index (χ3n) is 2.52. The molecular formula is C13H11FO2. The summed E-state index contributed by atoms with van der Waals surface area (Å²) in [6.07, 6.45) is 0. The van der Waals surface area contributed by atoms with Gasteiger partial charge in [0, 0.05) is 17.2 Å². The van der Waals surface area contributed by atoms with Gasteiger partial charge in [0.25, 0.3) is 0 Å². The fourth-order valence-corrected chi connectivity index (χ4v) is 1.73. The third-order valence-corrected chi connectivity index (χ3v) is 2.52. The van der Waals surface area contributed by atoms with Crippen LogP contribution in [0.15, 0.2) is 36.4 Å². The Labute approximate surface area is 92.6 Å². The normalized spacial score (nSPS) is 10.4. The molecule has 2 rings (SSSR count). The highest BCUT2D eigenvalue weighted by Crippen LogP contribution is 2.37. The summed E-state index contributed by atoms with van der Waals surface area (Å²) in [6.45, 7) is 1.52. The van der Waals surface area contributed by atoms with E-state index in [2.05, 4.69) is 0 Å². The number of halogens is 1. The third kappa shape index (κ3) is 1.60. The molecule has 3 heteroatoms. The van der Waals surface area contributed by atoms with E-state index in [0.717, 1.165) is 11.6 Å². The van der Waals surface area contributed by atoms with Gasteiger partial charge in [-0.2, -0.15) is 0 Å². The van der Waals surface area contributed by atoms with Crippen LogP contribution >= 0.6 is 0 Å². The van der Waals surface area contributed by atoms with E-state index in [9.17, 15) is 14.6 Å². The summed E-state index contributed by atoms with van der Waals surface area (Å²) in [4.78, 5) is 0. The lowest BCUT2D eigenvalue weighted by molar-refractivity contribution is 0.418. The van der Waals surface area contributed by atoms with Crippen molar-refractivity contribution >= 4 is 0 Å². The van der Waals surface area contributed by atoms with E-state index in [1.165, 1.54) is 6.92 Å². The average molecular weight is 218 g/mol. The molecule has 0 atom stereocenters. The number of aromatic hydroxyl groups is 2.